The summed E-state index contributed by atoms with van der Waals surface area (Å²) in [6.07, 6.45) is 5.72. The molecule has 0 atom stereocenters. The molecule has 4 rings (SSSR count). The van der Waals surface area contributed by atoms with Crippen LogP contribution in [0, 0.1) is 5.92 Å². The van der Waals surface area contributed by atoms with Crippen molar-refractivity contribution in [1.29, 1.82) is 0 Å². The number of fused-ring (bicyclic) bond motifs is 1. The minimum Gasteiger partial charge on any atom is -0.335 e. The third-order valence-corrected chi connectivity index (χ3v) is 4.71. The van der Waals surface area contributed by atoms with Crippen molar-refractivity contribution in [3.05, 3.63) is 59.9 Å². The highest BCUT2D eigenvalue weighted by atomic mass is 16.2. The Morgan fingerprint density at radius 2 is 2.00 bits per heavy atom. The van der Waals surface area contributed by atoms with Crippen LogP contribution in [-0.2, 0) is 6.54 Å². The van der Waals surface area contributed by atoms with Crippen LogP contribution < -0.4 is 0 Å². The Hall–Kier alpha value is -2.69. The van der Waals surface area contributed by atoms with Crippen molar-refractivity contribution in [3.8, 4) is 0 Å². The standard InChI is InChI=1S/C21H24N4O/c1-15(2)13-24(19-8-9-19)21(26)18-10-17-12-23-25(20(17)22-11-18)14-16-6-4-3-5-7-16/h3-7,10-12,15,19H,8-9,13-14H2,1-2H3. The minimum absolute atomic E-state index is 0.0893. The maximum atomic E-state index is 13.0. The van der Waals surface area contributed by atoms with E-state index in [-0.39, 0.29) is 5.91 Å². The first-order chi connectivity index (χ1) is 12.6. The Morgan fingerprint density at radius 1 is 1.23 bits per heavy atom. The predicted molar refractivity (Wildman–Crippen MR) is 102 cm³/mol. The predicted octanol–water partition coefficient (Wildman–Crippen LogP) is 3.74. The summed E-state index contributed by atoms with van der Waals surface area (Å²) < 4.78 is 1.88. The van der Waals surface area contributed by atoms with Gasteiger partial charge in [-0.15, -0.1) is 0 Å². The average Bonchev–Trinajstić information content (AvgIpc) is 3.41. The monoisotopic (exact) mass is 348 g/mol. The fourth-order valence-corrected chi connectivity index (χ4v) is 3.30. The largest absolute Gasteiger partial charge is 0.335 e. The number of rotatable bonds is 6. The first-order valence-electron chi connectivity index (χ1n) is 9.28. The summed E-state index contributed by atoms with van der Waals surface area (Å²) in [5, 5.41) is 5.37. The summed E-state index contributed by atoms with van der Waals surface area (Å²) in [4.78, 5) is 19.5. The molecule has 0 radical (unpaired) electrons. The van der Waals surface area contributed by atoms with Crippen molar-refractivity contribution in [1.82, 2.24) is 19.7 Å². The molecule has 1 aromatic carbocycles. The molecule has 5 nitrogen and oxygen atoms in total. The van der Waals surface area contributed by atoms with E-state index in [0.717, 1.165) is 30.4 Å². The van der Waals surface area contributed by atoms with E-state index in [2.05, 4.69) is 36.1 Å². The molecule has 2 aromatic heterocycles. The molecule has 0 aliphatic heterocycles. The van der Waals surface area contributed by atoms with Crippen LogP contribution in [0.3, 0.4) is 0 Å². The van der Waals surface area contributed by atoms with E-state index in [4.69, 9.17) is 0 Å². The molecule has 1 amide bonds. The lowest BCUT2D eigenvalue weighted by Crippen LogP contribution is -2.36. The van der Waals surface area contributed by atoms with Crippen molar-refractivity contribution < 1.29 is 4.79 Å². The number of hydrogen-bond donors (Lipinski definition) is 0. The Balaban J connectivity index is 1.59. The molecule has 0 saturated heterocycles. The smallest absolute Gasteiger partial charge is 0.255 e. The molecule has 0 spiro atoms. The van der Waals surface area contributed by atoms with Crippen molar-refractivity contribution in [2.75, 3.05) is 6.54 Å². The zero-order valence-electron chi connectivity index (χ0n) is 15.3. The Kier molecular flexibility index (Phi) is 4.45. The van der Waals surface area contributed by atoms with Gasteiger partial charge in [-0.3, -0.25) is 4.79 Å². The summed E-state index contributed by atoms with van der Waals surface area (Å²) in [5.74, 6) is 0.552. The van der Waals surface area contributed by atoms with Gasteiger partial charge in [-0.05, 0) is 30.4 Å². The summed E-state index contributed by atoms with van der Waals surface area (Å²) in [7, 11) is 0. The van der Waals surface area contributed by atoms with E-state index >= 15 is 0 Å². The molecule has 0 unspecified atom stereocenters. The van der Waals surface area contributed by atoms with E-state index in [1.807, 2.05) is 33.8 Å². The molecule has 1 aliphatic carbocycles. The zero-order chi connectivity index (χ0) is 18.1. The van der Waals surface area contributed by atoms with Crippen molar-refractivity contribution in [2.24, 2.45) is 5.92 Å². The first-order valence-corrected chi connectivity index (χ1v) is 9.28. The van der Waals surface area contributed by atoms with E-state index in [0.29, 0.717) is 24.1 Å². The molecular formula is C21H24N4O. The summed E-state index contributed by atoms with van der Waals surface area (Å²) >= 11 is 0. The van der Waals surface area contributed by atoms with Gasteiger partial charge < -0.3 is 4.90 Å². The van der Waals surface area contributed by atoms with E-state index in [1.165, 1.54) is 5.56 Å². The van der Waals surface area contributed by atoms with Crippen molar-refractivity contribution in [2.45, 2.75) is 39.3 Å². The molecule has 26 heavy (non-hydrogen) atoms. The summed E-state index contributed by atoms with van der Waals surface area (Å²) in [5.41, 5.74) is 2.65. The average molecular weight is 348 g/mol. The SMILES string of the molecule is CC(C)CN(C(=O)c1cnc2c(cnn2Cc2ccccc2)c1)C1CC1. The third kappa shape index (κ3) is 3.47. The third-order valence-electron chi connectivity index (χ3n) is 4.71. The highest BCUT2D eigenvalue weighted by Crippen LogP contribution is 2.29. The van der Waals surface area contributed by atoms with Gasteiger partial charge in [0.1, 0.15) is 0 Å². The number of aromatic nitrogens is 3. The normalized spacial score (nSPS) is 14.1. The van der Waals surface area contributed by atoms with Crippen LogP contribution in [0.25, 0.3) is 11.0 Å². The highest BCUT2D eigenvalue weighted by molar-refractivity contribution is 5.97. The molecule has 1 fully saturated rings. The van der Waals surface area contributed by atoms with Crippen LogP contribution in [0.15, 0.2) is 48.8 Å². The number of benzene rings is 1. The van der Waals surface area contributed by atoms with Gasteiger partial charge in [0.25, 0.3) is 5.91 Å². The van der Waals surface area contributed by atoms with Gasteiger partial charge in [-0.1, -0.05) is 44.2 Å². The van der Waals surface area contributed by atoms with Gasteiger partial charge in [0.2, 0.25) is 0 Å². The molecule has 5 heteroatoms. The highest BCUT2D eigenvalue weighted by Gasteiger charge is 2.33. The van der Waals surface area contributed by atoms with Crippen LogP contribution in [0.1, 0.15) is 42.6 Å². The molecule has 1 aliphatic rings. The topological polar surface area (TPSA) is 51.0 Å². The number of hydrogen-bond acceptors (Lipinski definition) is 3. The lowest BCUT2D eigenvalue weighted by Gasteiger charge is -2.24. The van der Waals surface area contributed by atoms with Gasteiger partial charge in [0.05, 0.1) is 18.3 Å². The van der Waals surface area contributed by atoms with Gasteiger partial charge >= 0.3 is 0 Å². The van der Waals surface area contributed by atoms with Crippen LogP contribution in [0.5, 0.6) is 0 Å². The molecule has 134 valence electrons. The number of carbonyl (C=O) groups excluding carboxylic acids is 1. The van der Waals surface area contributed by atoms with Gasteiger partial charge in [0, 0.05) is 24.2 Å². The molecule has 2 heterocycles. The van der Waals surface area contributed by atoms with Crippen LogP contribution >= 0.6 is 0 Å². The van der Waals surface area contributed by atoms with Crippen molar-refractivity contribution in [3.63, 3.8) is 0 Å². The molecular weight excluding hydrogens is 324 g/mol. The lowest BCUT2D eigenvalue weighted by molar-refractivity contribution is 0.0722. The second kappa shape index (κ2) is 6.90. The van der Waals surface area contributed by atoms with E-state index in [1.54, 1.807) is 12.4 Å². The van der Waals surface area contributed by atoms with Crippen LogP contribution in [0.4, 0.5) is 0 Å². The molecule has 0 N–H and O–H groups in total. The van der Waals surface area contributed by atoms with Crippen LogP contribution in [-0.4, -0.2) is 38.2 Å². The molecule has 1 saturated carbocycles. The second-order valence-electron chi connectivity index (χ2n) is 7.51. The lowest BCUT2D eigenvalue weighted by atomic mass is 10.1. The number of nitrogens with zero attached hydrogens (tertiary/aromatic N) is 4. The van der Waals surface area contributed by atoms with Crippen molar-refractivity contribution >= 4 is 16.9 Å². The number of amides is 1. The maximum absolute atomic E-state index is 13.0. The first kappa shape index (κ1) is 16.8. The quantitative estimate of drug-likeness (QED) is 0.682. The van der Waals surface area contributed by atoms with Gasteiger partial charge in [0.15, 0.2) is 5.65 Å². The van der Waals surface area contributed by atoms with Crippen LogP contribution in [0.2, 0.25) is 0 Å². The Bertz CT molecular complexity index is 912. The Labute approximate surface area is 153 Å². The zero-order valence-corrected chi connectivity index (χ0v) is 15.3. The van der Waals surface area contributed by atoms with E-state index in [9.17, 15) is 4.79 Å². The fraction of sp³-hybridized carbons (Fsp3) is 0.381. The molecule has 0 bridgehead atoms. The number of carbonyl (C=O) groups is 1. The summed E-state index contributed by atoms with van der Waals surface area (Å²) in [6, 6.07) is 12.5. The van der Waals surface area contributed by atoms with E-state index < -0.39 is 0 Å². The second-order valence-corrected chi connectivity index (χ2v) is 7.51. The minimum atomic E-state index is 0.0893. The fourth-order valence-electron chi connectivity index (χ4n) is 3.30. The molecule has 3 aromatic rings. The maximum Gasteiger partial charge on any atom is 0.255 e. The number of pyridine rings is 1. The Morgan fingerprint density at radius 3 is 2.69 bits per heavy atom. The van der Waals surface area contributed by atoms with Gasteiger partial charge in [-0.25, -0.2) is 9.67 Å². The summed E-state index contributed by atoms with van der Waals surface area (Å²) in [6.45, 7) is 5.77. The van der Waals surface area contributed by atoms with Gasteiger partial charge in [-0.2, -0.15) is 5.10 Å².